The zero-order valence-electron chi connectivity index (χ0n) is 11.1. The second kappa shape index (κ2) is 5.73. The van der Waals surface area contributed by atoms with Gasteiger partial charge in [0.25, 0.3) is 0 Å². The maximum absolute atomic E-state index is 11.8. The number of aromatic nitrogens is 2. The van der Waals surface area contributed by atoms with Crippen molar-refractivity contribution < 1.29 is 9.59 Å². The van der Waals surface area contributed by atoms with E-state index in [0.717, 1.165) is 25.1 Å². The summed E-state index contributed by atoms with van der Waals surface area (Å²) in [6.07, 6.45) is 5.45. The van der Waals surface area contributed by atoms with Crippen molar-refractivity contribution in [1.29, 1.82) is 0 Å². The van der Waals surface area contributed by atoms with Crippen molar-refractivity contribution in [1.82, 2.24) is 20.4 Å². The minimum atomic E-state index is -0.501. The molecule has 0 radical (unpaired) electrons. The highest BCUT2D eigenvalue weighted by Gasteiger charge is 2.24. The number of imide groups is 1. The van der Waals surface area contributed by atoms with E-state index in [-0.39, 0.29) is 11.9 Å². The van der Waals surface area contributed by atoms with Crippen LogP contribution in [0.1, 0.15) is 26.7 Å². The first-order valence-electron chi connectivity index (χ1n) is 6.49. The highest BCUT2D eigenvalue weighted by Crippen LogP contribution is 2.18. The van der Waals surface area contributed by atoms with Crippen LogP contribution < -0.4 is 16.0 Å². The van der Waals surface area contributed by atoms with Gasteiger partial charge in [0.15, 0.2) is 0 Å². The van der Waals surface area contributed by atoms with Gasteiger partial charge in [0, 0.05) is 18.8 Å². The Morgan fingerprint density at radius 1 is 1.53 bits per heavy atom. The van der Waals surface area contributed by atoms with Gasteiger partial charge in [0.2, 0.25) is 5.91 Å². The van der Waals surface area contributed by atoms with Gasteiger partial charge in [-0.25, -0.2) is 4.79 Å². The highest BCUT2D eigenvalue weighted by molar-refractivity contribution is 5.98. The number of anilines is 1. The van der Waals surface area contributed by atoms with Crippen LogP contribution in [-0.2, 0) is 11.3 Å². The molecule has 3 N–H and O–H groups in total. The number of amides is 3. The van der Waals surface area contributed by atoms with Crippen LogP contribution in [-0.4, -0.2) is 33.8 Å². The van der Waals surface area contributed by atoms with Crippen molar-refractivity contribution in [3.8, 4) is 0 Å². The maximum Gasteiger partial charge on any atom is 0.321 e. The molecule has 0 aliphatic heterocycles. The van der Waals surface area contributed by atoms with Gasteiger partial charge in [-0.05, 0) is 26.7 Å². The molecular weight excluding hydrogens is 246 g/mol. The summed E-state index contributed by atoms with van der Waals surface area (Å²) in [5.74, 6) is -0.359. The molecule has 0 spiro atoms. The lowest BCUT2D eigenvalue weighted by Gasteiger charge is -2.13. The summed E-state index contributed by atoms with van der Waals surface area (Å²) in [4.78, 5) is 23.2. The fourth-order valence-corrected chi connectivity index (χ4v) is 1.60. The Balaban J connectivity index is 1.79. The predicted octanol–water partition coefficient (Wildman–Crippen LogP) is 0.692. The van der Waals surface area contributed by atoms with Gasteiger partial charge in [-0.1, -0.05) is 0 Å². The molecule has 19 heavy (non-hydrogen) atoms. The van der Waals surface area contributed by atoms with Crippen molar-refractivity contribution in [3.05, 3.63) is 12.4 Å². The van der Waals surface area contributed by atoms with Gasteiger partial charge in [0.05, 0.1) is 11.9 Å². The number of hydrogen-bond acceptors (Lipinski definition) is 4. The number of urea groups is 1. The summed E-state index contributed by atoms with van der Waals surface area (Å²) in [6.45, 7) is 4.45. The molecule has 1 aromatic heterocycles. The van der Waals surface area contributed by atoms with E-state index < -0.39 is 12.1 Å². The first kappa shape index (κ1) is 13.4. The molecule has 1 aliphatic rings. The molecule has 7 nitrogen and oxygen atoms in total. The van der Waals surface area contributed by atoms with Crippen molar-refractivity contribution >= 4 is 17.6 Å². The highest BCUT2D eigenvalue weighted by atomic mass is 16.2. The Kier molecular flexibility index (Phi) is 4.03. The fourth-order valence-electron chi connectivity index (χ4n) is 1.60. The smallest absolute Gasteiger partial charge is 0.321 e. The fraction of sp³-hybridized carbons (Fsp3) is 0.583. The summed E-state index contributed by atoms with van der Waals surface area (Å²) < 4.78 is 1.76. The van der Waals surface area contributed by atoms with Crippen LogP contribution in [0, 0.1) is 0 Å². The predicted molar refractivity (Wildman–Crippen MR) is 70.7 cm³/mol. The number of nitrogens with zero attached hydrogens (tertiary/aromatic N) is 2. The van der Waals surface area contributed by atoms with Crippen molar-refractivity contribution in [3.63, 3.8) is 0 Å². The second-order valence-electron chi connectivity index (χ2n) is 4.69. The van der Waals surface area contributed by atoms with Crippen LogP contribution in [0.4, 0.5) is 10.5 Å². The van der Waals surface area contributed by atoms with E-state index >= 15 is 0 Å². The molecule has 0 bridgehead atoms. The van der Waals surface area contributed by atoms with Crippen molar-refractivity contribution in [2.45, 2.75) is 45.3 Å². The third kappa shape index (κ3) is 3.97. The molecule has 1 saturated carbocycles. The van der Waals surface area contributed by atoms with Gasteiger partial charge in [-0.15, -0.1) is 0 Å². The number of rotatable bonds is 5. The minimum Gasteiger partial charge on any atom is -0.371 e. The first-order chi connectivity index (χ1) is 9.08. The van der Waals surface area contributed by atoms with Crippen LogP contribution in [0.5, 0.6) is 0 Å². The maximum atomic E-state index is 11.8. The lowest BCUT2D eigenvalue weighted by molar-refractivity contribution is -0.120. The third-order valence-corrected chi connectivity index (χ3v) is 2.88. The second-order valence-corrected chi connectivity index (χ2v) is 4.69. The van der Waals surface area contributed by atoms with Gasteiger partial charge in [-0.3, -0.25) is 14.8 Å². The molecule has 1 heterocycles. The Hall–Kier alpha value is -2.05. The molecule has 1 aromatic rings. The normalized spacial score (nSPS) is 15.7. The average molecular weight is 265 g/mol. The van der Waals surface area contributed by atoms with E-state index in [1.165, 1.54) is 0 Å². The molecule has 104 valence electrons. The zero-order chi connectivity index (χ0) is 13.8. The Morgan fingerprint density at radius 2 is 2.26 bits per heavy atom. The largest absolute Gasteiger partial charge is 0.371 e. The number of hydrogen-bond donors (Lipinski definition) is 3. The molecule has 7 heteroatoms. The average Bonchev–Trinajstić information content (AvgIpc) is 3.05. The summed E-state index contributed by atoms with van der Waals surface area (Å²) in [7, 11) is 0. The molecule has 1 fully saturated rings. The standard InChI is InChI=1S/C12H19N5O2/c1-3-17-7-10(6-13-17)14-8(2)11(18)16-12(19)15-9-4-5-9/h6-9,14H,3-5H2,1-2H3,(H2,15,16,18,19)/t8-/m1/s1. The Bertz CT molecular complexity index is 466. The van der Waals surface area contributed by atoms with Crippen LogP contribution in [0.3, 0.4) is 0 Å². The van der Waals surface area contributed by atoms with Crippen molar-refractivity contribution in [2.24, 2.45) is 0 Å². The molecule has 0 saturated heterocycles. The van der Waals surface area contributed by atoms with Gasteiger partial charge < -0.3 is 10.6 Å². The SMILES string of the molecule is CCn1cc(N[C@H](C)C(=O)NC(=O)NC2CC2)cn1. The minimum absolute atomic E-state index is 0.235. The number of carbonyl (C=O) groups is 2. The number of aryl methyl sites for hydroxylation is 1. The van der Waals surface area contributed by atoms with E-state index in [1.54, 1.807) is 17.8 Å². The van der Waals surface area contributed by atoms with Crippen LogP contribution in [0.15, 0.2) is 12.4 Å². The van der Waals surface area contributed by atoms with Crippen LogP contribution in [0.2, 0.25) is 0 Å². The summed E-state index contributed by atoms with van der Waals surface area (Å²) in [5.41, 5.74) is 0.757. The van der Waals surface area contributed by atoms with E-state index in [2.05, 4.69) is 21.0 Å². The lowest BCUT2D eigenvalue weighted by Crippen LogP contribution is -2.46. The summed E-state index contributed by atoms with van der Waals surface area (Å²) >= 11 is 0. The summed E-state index contributed by atoms with van der Waals surface area (Å²) in [5, 5.41) is 12.1. The third-order valence-electron chi connectivity index (χ3n) is 2.88. The monoisotopic (exact) mass is 265 g/mol. The van der Waals surface area contributed by atoms with E-state index in [0.29, 0.717) is 0 Å². The molecule has 1 atom stereocenters. The first-order valence-corrected chi connectivity index (χ1v) is 6.49. The van der Waals surface area contributed by atoms with Crippen LogP contribution >= 0.6 is 0 Å². The van der Waals surface area contributed by atoms with Gasteiger partial charge >= 0.3 is 6.03 Å². The topological polar surface area (TPSA) is 88.0 Å². The molecule has 1 aliphatic carbocycles. The quantitative estimate of drug-likeness (QED) is 0.731. The molecule has 0 aromatic carbocycles. The van der Waals surface area contributed by atoms with E-state index in [9.17, 15) is 9.59 Å². The molecule has 0 unspecified atom stereocenters. The molecular formula is C12H19N5O2. The Labute approximate surface area is 111 Å². The van der Waals surface area contributed by atoms with E-state index in [1.807, 2.05) is 13.1 Å². The molecule has 2 rings (SSSR count). The zero-order valence-corrected chi connectivity index (χ0v) is 11.1. The number of carbonyl (C=O) groups excluding carboxylic acids is 2. The molecule has 3 amide bonds. The van der Waals surface area contributed by atoms with Crippen molar-refractivity contribution in [2.75, 3.05) is 5.32 Å². The van der Waals surface area contributed by atoms with Crippen LogP contribution in [0.25, 0.3) is 0 Å². The van der Waals surface area contributed by atoms with Gasteiger partial charge in [-0.2, -0.15) is 5.10 Å². The Morgan fingerprint density at radius 3 is 2.84 bits per heavy atom. The van der Waals surface area contributed by atoms with Gasteiger partial charge in [0.1, 0.15) is 6.04 Å². The lowest BCUT2D eigenvalue weighted by atomic mass is 10.3. The number of nitrogens with one attached hydrogen (secondary N) is 3. The summed E-state index contributed by atoms with van der Waals surface area (Å²) in [6, 6.07) is -0.691. The van der Waals surface area contributed by atoms with E-state index in [4.69, 9.17) is 0 Å².